The fourth-order valence-electron chi connectivity index (χ4n) is 3.42. The molecular weight excluding hydrogens is 403 g/mol. The fraction of sp³-hybridized carbons (Fsp3) is 0.381. The first-order valence-electron chi connectivity index (χ1n) is 9.43. The summed E-state index contributed by atoms with van der Waals surface area (Å²) in [5.74, 6) is -0.200. The van der Waals surface area contributed by atoms with Crippen LogP contribution in [0.2, 0.25) is 5.02 Å². The average Bonchev–Trinajstić information content (AvgIpc) is 2.71. The van der Waals surface area contributed by atoms with Crippen LogP contribution in [0.15, 0.2) is 48.5 Å². The molecule has 1 N–H and O–H groups in total. The van der Waals surface area contributed by atoms with Crippen LogP contribution >= 0.6 is 11.6 Å². The highest BCUT2D eigenvalue weighted by molar-refractivity contribution is 6.33. The molecule has 1 aliphatic heterocycles. The number of hydrogen-bond donors (Lipinski definition) is 1. The highest BCUT2D eigenvalue weighted by Crippen LogP contribution is 2.29. The van der Waals surface area contributed by atoms with Crippen molar-refractivity contribution < 1.29 is 18.0 Å². The lowest BCUT2D eigenvalue weighted by Gasteiger charge is -2.38. The van der Waals surface area contributed by atoms with Crippen LogP contribution in [-0.2, 0) is 17.5 Å². The lowest BCUT2D eigenvalue weighted by Crippen LogP contribution is -2.53. The Morgan fingerprint density at radius 1 is 1.10 bits per heavy atom. The molecular formula is C21H23ClF3N3O. The van der Waals surface area contributed by atoms with Crippen molar-refractivity contribution in [3.8, 4) is 0 Å². The van der Waals surface area contributed by atoms with E-state index in [4.69, 9.17) is 11.6 Å². The molecule has 8 heteroatoms. The molecule has 1 heterocycles. The quantitative estimate of drug-likeness (QED) is 0.780. The van der Waals surface area contributed by atoms with Crippen LogP contribution in [0.4, 0.5) is 18.9 Å². The summed E-state index contributed by atoms with van der Waals surface area (Å²) in [6, 6.07) is 12.3. The number of amides is 1. The monoisotopic (exact) mass is 425 g/mol. The molecule has 3 rings (SSSR count). The summed E-state index contributed by atoms with van der Waals surface area (Å²) >= 11 is 6.26. The van der Waals surface area contributed by atoms with Crippen LogP contribution in [0.25, 0.3) is 0 Å². The van der Waals surface area contributed by atoms with E-state index in [-0.39, 0.29) is 18.5 Å². The van der Waals surface area contributed by atoms with Gasteiger partial charge < -0.3 is 10.2 Å². The van der Waals surface area contributed by atoms with Gasteiger partial charge in [-0.05, 0) is 36.8 Å². The highest BCUT2D eigenvalue weighted by Gasteiger charge is 2.30. The van der Waals surface area contributed by atoms with E-state index in [1.807, 2.05) is 31.2 Å². The normalized spacial score (nSPS) is 16.5. The number of piperazine rings is 1. The zero-order valence-corrected chi connectivity index (χ0v) is 16.8. The van der Waals surface area contributed by atoms with Gasteiger partial charge in [-0.25, -0.2) is 0 Å². The molecule has 0 aliphatic carbocycles. The Labute approximate surface area is 173 Å². The van der Waals surface area contributed by atoms with E-state index in [1.54, 1.807) is 6.07 Å². The summed E-state index contributed by atoms with van der Waals surface area (Å²) in [6.45, 7) is 4.76. The van der Waals surface area contributed by atoms with Crippen LogP contribution in [0, 0.1) is 0 Å². The number of halogens is 4. The van der Waals surface area contributed by atoms with Crippen molar-refractivity contribution in [2.24, 2.45) is 0 Å². The lowest BCUT2D eigenvalue weighted by atomic mass is 10.1. The van der Waals surface area contributed by atoms with Gasteiger partial charge in [-0.3, -0.25) is 9.69 Å². The van der Waals surface area contributed by atoms with Crippen molar-refractivity contribution in [1.29, 1.82) is 0 Å². The molecule has 0 bridgehead atoms. The maximum Gasteiger partial charge on any atom is 0.416 e. The number of nitrogens with zero attached hydrogens (tertiary/aromatic N) is 2. The molecule has 2 aromatic rings. The highest BCUT2D eigenvalue weighted by atomic mass is 35.5. The van der Waals surface area contributed by atoms with Crippen LogP contribution < -0.4 is 10.2 Å². The third-order valence-corrected chi connectivity index (χ3v) is 5.48. The van der Waals surface area contributed by atoms with Gasteiger partial charge in [-0.15, -0.1) is 0 Å². The van der Waals surface area contributed by atoms with Crippen LogP contribution in [0.1, 0.15) is 18.1 Å². The molecule has 29 heavy (non-hydrogen) atoms. The van der Waals surface area contributed by atoms with Gasteiger partial charge in [-0.1, -0.05) is 35.9 Å². The van der Waals surface area contributed by atoms with E-state index in [9.17, 15) is 18.0 Å². The number of carbonyl (C=O) groups is 1. The smallest absolute Gasteiger partial charge is 0.368 e. The van der Waals surface area contributed by atoms with E-state index in [1.165, 1.54) is 6.07 Å². The van der Waals surface area contributed by atoms with Gasteiger partial charge in [0.25, 0.3) is 0 Å². The van der Waals surface area contributed by atoms with E-state index in [0.29, 0.717) is 23.7 Å². The van der Waals surface area contributed by atoms with Gasteiger partial charge in [0.15, 0.2) is 0 Å². The third-order valence-electron chi connectivity index (χ3n) is 5.16. The number of alkyl halides is 3. The lowest BCUT2D eigenvalue weighted by molar-refractivity contribution is -0.137. The number of para-hydroxylation sites is 1. The van der Waals surface area contributed by atoms with E-state index in [2.05, 4.69) is 15.1 Å². The summed E-state index contributed by atoms with van der Waals surface area (Å²) in [6.07, 6.45) is -4.39. The molecule has 0 spiro atoms. The molecule has 1 atom stereocenters. The molecule has 1 aliphatic rings. The summed E-state index contributed by atoms with van der Waals surface area (Å²) < 4.78 is 38.4. The SMILES string of the molecule is C[C@H](C(=O)NCc1cccc(C(F)(F)F)c1)N1CCN(c2ccccc2Cl)CC1. The molecule has 156 valence electrons. The maximum absolute atomic E-state index is 12.8. The van der Waals surface area contributed by atoms with Crippen molar-refractivity contribution in [2.45, 2.75) is 25.7 Å². The van der Waals surface area contributed by atoms with E-state index < -0.39 is 11.7 Å². The molecule has 2 aromatic carbocycles. The van der Waals surface area contributed by atoms with Crippen molar-refractivity contribution in [3.05, 3.63) is 64.7 Å². The zero-order valence-electron chi connectivity index (χ0n) is 16.0. The Kier molecular flexibility index (Phi) is 6.70. The molecule has 0 radical (unpaired) electrons. The Morgan fingerprint density at radius 3 is 2.45 bits per heavy atom. The summed E-state index contributed by atoms with van der Waals surface area (Å²) in [5, 5.41) is 3.45. The second-order valence-electron chi connectivity index (χ2n) is 7.07. The fourth-order valence-corrected chi connectivity index (χ4v) is 3.67. The van der Waals surface area contributed by atoms with Crippen molar-refractivity contribution >= 4 is 23.2 Å². The van der Waals surface area contributed by atoms with E-state index >= 15 is 0 Å². The average molecular weight is 426 g/mol. The second kappa shape index (κ2) is 9.05. The number of hydrogen-bond acceptors (Lipinski definition) is 3. The Bertz CT molecular complexity index is 851. The topological polar surface area (TPSA) is 35.6 Å². The first-order valence-corrected chi connectivity index (χ1v) is 9.81. The summed E-state index contributed by atoms with van der Waals surface area (Å²) in [4.78, 5) is 16.7. The number of rotatable bonds is 5. The van der Waals surface area contributed by atoms with Crippen LogP contribution in [-0.4, -0.2) is 43.0 Å². The minimum Gasteiger partial charge on any atom is -0.368 e. The van der Waals surface area contributed by atoms with Crippen molar-refractivity contribution in [3.63, 3.8) is 0 Å². The zero-order chi connectivity index (χ0) is 21.0. The van der Waals surface area contributed by atoms with Gasteiger partial charge in [0, 0.05) is 32.7 Å². The van der Waals surface area contributed by atoms with E-state index in [0.717, 1.165) is 30.9 Å². The van der Waals surface area contributed by atoms with Gasteiger partial charge >= 0.3 is 6.18 Å². The number of benzene rings is 2. The van der Waals surface area contributed by atoms with Gasteiger partial charge in [-0.2, -0.15) is 13.2 Å². The molecule has 0 saturated carbocycles. The predicted octanol–water partition coefficient (Wildman–Crippen LogP) is 4.19. The molecule has 1 saturated heterocycles. The Hall–Kier alpha value is -2.25. The molecule has 4 nitrogen and oxygen atoms in total. The molecule has 1 fully saturated rings. The largest absolute Gasteiger partial charge is 0.416 e. The number of carbonyl (C=O) groups excluding carboxylic acids is 1. The minimum absolute atomic E-state index is 0.0622. The summed E-state index contributed by atoms with van der Waals surface area (Å²) in [5.41, 5.74) is 0.687. The van der Waals surface area contributed by atoms with Crippen LogP contribution in [0.3, 0.4) is 0 Å². The van der Waals surface area contributed by atoms with Gasteiger partial charge in [0.1, 0.15) is 0 Å². The Balaban J connectivity index is 1.52. The second-order valence-corrected chi connectivity index (χ2v) is 7.47. The summed E-state index contributed by atoms with van der Waals surface area (Å²) in [7, 11) is 0. The third kappa shape index (κ3) is 5.42. The number of anilines is 1. The standard InChI is InChI=1S/C21H23ClF3N3O/c1-15(20(29)26-14-16-5-4-6-17(13-16)21(23,24)25)27-9-11-28(12-10-27)19-8-3-2-7-18(19)22/h2-8,13,15H,9-12,14H2,1H3,(H,26,29)/t15-/m1/s1. The van der Waals surface area contributed by atoms with Crippen molar-refractivity contribution in [1.82, 2.24) is 10.2 Å². The van der Waals surface area contributed by atoms with Gasteiger partial charge in [0.05, 0.1) is 22.3 Å². The first-order chi connectivity index (χ1) is 13.8. The van der Waals surface area contributed by atoms with Gasteiger partial charge in [0.2, 0.25) is 5.91 Å². The Morgan fingerprint density at radius 2 is 1.79 bits per heavy atom. The molecule has 0 aromatic heterocycles. The minimum atomic E-state index is -4.39. The predicted molar refractivity (Wildman–Crippen MR) is 108 cm³/mol. The first kappa shape index (κ1) is 21.5. The maximum atomic E-state index is 12.8. The van der Waals surface area contributed by atoms with Crippen molar-refractivity contribution in [2.75, 3.05) is 31.1 Å². The molecule has 0 unspecified atom stereocenters. The molecule has 1 amide bonds. The number of nitrogens with one attached hydrogen (secondary N) is 1. The van der Waals surface area contributed by atoms with Crippen LogP contribution in [0.5, 0.6) is 0 Å².